The molecule has 0 amide bonds. The molecule has 1 atom stereocenters. The minimum Gasteiger partial charge on any atom is -0.358 e. The summed E-state index contributed by atoms with van der Waals surface area (Å²) in [4.78, 5) is 7.71. The van der Waals surface area contributed by atoms with Gasteiger partial charge in [0.1, 0.15) is 0 Å². The zero-order valence-electron chi connectivity index (χ0n) is 17.2. The van der Waals surface area contributed by atoms with Gasteiger partial charge in [0.15, 0.2) is 0 Å². The fraction of sp³-hybridized carbons (Fsp3) is 0.500. The minimum atomic E-state index is 0.661. The lowest BCUT2D eigenvalue weighted by molar-refractivity contribution is 0.109. The van der Waals surface area contributed by atoms with Crippen LogP contribution in [0.5, 0.6) is 0 Å². The highest BCUT2D eigenvalue weighted by Crippen LogP contribution is 2.28. The van der Waals surface area contributed by atoms with Crippen LogP contribution < -0.4 is 4.90 Å². The van der Waals surface area contributed by atoms with Crippen molar-refractivity contribution >= 4 is 33.2 Å². The predicted molar refractivity (Wildman–Crippen MR) is 127 cm³/mol. The van der Waals surface area contributed by atoms with Crippen LogP contribution in [0.3, 0.4) is 0 Å². The fourth-order valence-corrected chi connectivity index (χ4v) is 5.35. The Balaban J connectivity index is 1.24. The molecule has 3 nitrogen and oxygen atoms in total. The summed E-state index contributed by atoms with van der Waals surface area (Å²) in [6.07, 6.45) is 4.93. The van der Waals surface area contributed by atoms with Crippen molar-refractivity contribution in [3.63, 3.8) is 0 Å². The second-order valence-electron chi connectivity index (χ2n) is 8.62. The molecule has 0 saturated carbocycles. The van der Waals surface area contributed by atoms with Crippen molar-refractivity contribution in [2.45, 2.75) is 31.7 Å². The van der Waals surface area contributed by atoms with E-state index < -0.39 is 0 Å². The van der Waals surface area contributed by atoms with Gasteiger partial charge in [-0.3, -0.25) is 4.90 Å². The van der Waals surface area contributed by atoms with E-state index >= 15 is 0 Å². The molecule has 2 aliphatic heterocycles. The van der Waals surface area contributed by atoms with Crippen LogP contribution >= 0.6 is 27.5 Å². The molecule has 2 heterocycles. The van der Waals surface area contributed by atoms with Crippen molar-refractivity contribution in [2.75, 3.05) is 44.8 Å². The van der Waals surface area contributed by atoms with Crippen molar-refractivity contribution in [3.05, 3.63) is 63.6 Å². The molecule has 5 heteroatoms. The second-order valence-corrected chi connectivity index (χ2v) is 9.91. The normalized spacial score (nSPS) is 22.2. The van der Waals surface area contributed by atoms with Gasteiger partial charge < -0.3 is 9.80 Å². The van der Waals surface area contributed by atoms with Gasteiger partial charge in [-0.1, -0.05) is 45.7 Å². The Kier molecular flexibility index (Phi) is 7.17. The molecule has 4 rings (SSSR count). The maximum atomic E-state index is 6.19. The number of piperidine rings is 1. The zero-order chi connectivity index (χ0) is 20.2. The van der Waals surface area contributed by atoms with E-state index in [1.165, 1.54) is 54.6 Å². The molecule has 1 unspecified atom stereocenters. The van der Waals surface area contributed by atoms with Crippen LogP contribution in [0.2, 0.25) is 5.02 Å². The van der Waals surface area contributed by atoms with E-state index in [-0.39, 0.29) is 0 Å². The van der Waals surface area contributed by atoms with Crippen LogP contribution in [0, 0.1) is 5.92 Å². The summed E-state index contributed by atoms with van der Waals surface area (Å²) in [7, 11) is 2.28. The van der Waals surface area contributed by atoms with Gasteiger partial charge in [-0.05, 0) is 87.6 Å². The number of hydrogen-bond donors (Lipinski definition) is 0. The summed E-state index contributed by atoms with van der Waals surface area (Å²) in [5, 5.41) is 0.838. The van der Waals surface area contributed by atoms with Crippen LogP contribution in [-0.4, -0.2) is 55.7 Å². The van der Waals surface area contributed by atoms with E-state index in [0.717, 1.165) is 30.6 Å². The molecule has 0 aromatic heterocycles. The standard InChI is InChI=1S/C24H31BrClN3/c1-27-18-29(22-5-3-2-4-6-22)14-11-23(27)17-28-12-9-19(10-13-28)15-20-16-21(26)7-8-24(20)25/h2-8,16,19,23H,9-15,17-18H2,1H3. The molecule has 156 valence electrons. The Morgan fingerprint density at radius 2 is 1.76 bits per heavy atom. The van der Waals surface area contributed by atoms with Crippen molar-refractivity contribution in [2.24, 2.45) is 5.92 Å². The SMILES string of the molecule is CN1CN(c2ccccc2)CCC1CN1CCC(Cc2cc(Cl)ccc2Br)CC1. The van der Waals surface area contributed by atoms with Gasteiger partial charge in [0.05, 0.1) is 6.67 Å². The number of hydrogen-bond acceptors (Lipinski definition) is 3. The third-order valence-corrected chi connectivity index (χ3v) is 7.57. The van der Waals surface area contributed by atoms with Gasteiger partial charge in [0.2, 0.25) is 0 Å². The van der Waals surface area contributed by atoms with E-state index in [2.05, 4.69) is 80.1 Å². The first kappa shape index (κ1) is 21.2. The number of anilines is 1. The molecule has 0 radical (unpaired) electrons. The summed E-state index contributed by atoms with van der Waals surface area (Å²) in [6.45, 7) is 5.81. The van der Waals surface area contributed by atoms with Crippen LogP contribution in [0.25, 0.3) is 0 Å². The molecule has 0 bridgehead atoms. The number of rotatable bonds is 5. The predicted octanol–water partition coefficient (Wildman–Crippen LogP) is 5.53. The monoisotopic (exact) mass is 475 g/mol. The Bertz CT molecular complexity index is 792. The van der Waals surface area contributed by atoms with Gasteiger partial charge >= 0.3 is 0 Å². The fourth-order valence-electron chi connectivity index (χ4n) is 4.74. The molecule has 0 aliphatic carbocycles. The molecular formula is C24H31BrClN3. The lowest BCUT2D eigenvalue weighted by Crippen LogP contribution is -2.53. The summed E-state index contributed by atoms with van der Waals surface area (Å²) in [5.74, 6) is 0.763. The average molecular weight is 477 g/mol. The topological polar surface area (TPSA) is 9.72 Å². The van der Waals surface area contributed by atoms with Crippen molar-refractivity contribution in [1.29, 1.82) is 0 Å². The molecular weight excluding hydrogens is 446 g/mol. The van der Waals surface area contributed by atoms with E-state index in [9.17, 15) is 0 Å². The number of likely N-dealkylation sites (tertiary alicyclic amines) is 1. The quantitative estimate of drug-likeness (QED) is 0.562. The third-order valence-electron chi connectivity index (χ3n) is 6.56. The Morgan fingerprint density at radius 1 is 1.00 bits per heavy atom. The van der Waals surface area contributed by atoms with Gasteiger partial charge in [-0.2, -0.15) is 0 Å². The van der Waals surface area contributed by atoms with Crippen LogP contribution in [0.1, 0.15) is 24.8 Å². The first-order valence-corrected chi connectivity index (χ1v) is 11.9. The summed E-state index contributed by atoms with van der Waals surface area (Å²) in [6, 6.07) is 17.6. The van der Waals surface area contributed by atoms with Crippen molar-refractivity contribution in [1.82, 2.24) is 9.80 Å². The highest BCUT2D eigenvalue weighted by molar-refractivity contribution is 9.10. The summed E-state index contributed by atoms with van der Waals surface area (Å²) >= 11 is 9.88. The van der Waals surface area contributed by atoms with Gasteiger partial charge in [-0.25, -0.2) is 0 Å². The highest BCUT2D eigenvalue weighted by atomic mass is 79.9. The number of para-hydroxylation sites is 1. The van der Waals surface area contributed by atoms with Gasteiger partial charge in [-0.15, -0.1) is 0 Å². The maximum Gasteiger partial charge on any atom is 0.0707 e. The number of likely N-dealkylation sites (N-methyl/N-ethyl adjacent to an activating group) is 1. The van der Waals surface area contributed by atoms with Gasteiger partial charge in [0, 0.05) is 34.3 Å². The molecule has 29 heavy (non-hydrogen) atoms. The van der Waals surface area contributed by atoms with Crippen LogP contribution in [-0.2, 0) is 6.42 Å². The molecule has 2 aromatic rings. The third kappa shape index (κ3) is 5.55. The minimum absolute atomic E-state index is 0.661. The highest BCUT2D eigenvalue weighted by Gasteiger charge is 2.28. The van der Waals surface area contributed by atoms with E-state index in [4.69, 9.17) is 11.6 Å². The largest absolute Gasteiger partial charge is 0.358 e. The summed E-state index contributed by atoms with van der Waals surface area (Å²) < 4.78 is 1.19. The van der Waals surface area contributed by atoms with Crippen molar-refractivity contribution < 1.29 is 0 Å². The second kappa shape index (κ2) is 9.82. The lowest BCUT2D eigenvalue weighted by Gasteiger charge is -2.43. The Hall–Kier alpha value is -1.07. The zero-order valence-corrected chi connectivity index (χ0v) is 19.6. The number of halogens is 2. The maximum absolute atomic E-state index is 6.19. The smallest absolute Gasteiger partial charge is 0.0707 e. The molecule has 0 N–H and O–H groups in total. The van der Waals surface area contributed by atoms with E-state index in [1.54, 1.807) is 0 Å². The van der Waals surface area contributed by atoms with Gasteiger partial charge in [0.25, 0.3) is 0 Å². The molecule has 2 saturated heterocycles. The number of benzene rings is 2. The first-order valence-electron chi connectivity index (χ1n) is 10.7. The van der Waals surface area contributed by atoms with Crippen LogP contribution in [0.15, 0.2) is 53.0 Å². The molecule has 2 fully saturated rings. The van der Waals surface area contributed by atoms with Crippen molar-refractivity contribution in [3.8, 4) is 0 Å². The van der Waals surface area contributed by atoms with E-state index in [1.807, 2.05) is 6.07 Å². The van der Waals surface area contributed by atoms with Crippen LogP contribution in [0.4, 0.5) is 5.69 Å². The first-order chi connectivity index (χ1) is 14.1. The molecule has 0 spiro atoms. The lowest BCUT2D eigenvalue weighted by atomic mass is 9.90. The molecule has 2 aliphatic rings. The number of nitrogens with zero attached hydrogens (tertiary/aromatic N) is 3. The summed E-state index contributed by atoms with van der Waals surface area (Å²) in [5.41, 5.74) is 2.69. The average Bonchev–Trinajstić information content (AvgIpc) is 2.74. The molecule has 2 aromatic carbocycles. The van der Waals surface area contributed by atoms with E-state index in [0.29, 0.717) is 6.04 Å². The Labute approximate surface area is 188 Å². The Morgan fingerprint density at radius 3 is 2.48 bits per heavy atom.